The third-order valence-corrected chi connectivity index (χ3v) is 6.86. The average Bonchev–Trinajstić information content (AvgIpc) is 3.10. The summed E-state index contributed by atoms with van der Waals surface area (Å²) in [6, 6.07) is 18.5. The molecule has 178 valence electrons. The Hall–Kier alpha value is -3.78. The molecule has 0 atom stereocenters. The molecule has 0 aliphatic carbocycles. The standard InChI is InChI=1S/C27H25N3O4S/c1-17-7-5-10-22(18(17)2)30-26(32)20-8-3-4-9-21(20)29-27(30)35-16-25(31)28-19-11-12-23-24(15-19)34-14-6-13-33-23/h3-5,7-12,15H,6,13-14,16H2,1-2H3,(H,28,31). The van der Waals surface area contributed by atoms with E-state index in [0.717, 1.165) is 23.2 Å². The molecule has 1 N–H and O–H groups in total. The summed E-state index contributed by atoms with van der Waals surface area (Å²) in [5, 5.41) is 3.91. The number of carbonyl (C=O) groups excluding carboxylic acids is 1. The van der Waals surface area contributed by atoms with Crippen LogP contribution in [-0.2, 0) is 4.79 Å². The van der Waals surface area contributed by atoms with Gasteiger partial charge in [-0.1, -0.05) is 36.0 Å². The Labute approximate surface area is 207 Å². The molecule has 3 aromatic carbocycles. The zero-order valence-corrected chi connectivity index (χ0v) is 20.4. The summed E-state index contributed by atoms with van der Waals surface area (Å²) >= 11 is 1.23. The number of fused-ring (bicyclic) bond motifs is 2. The fourth-order valence-electron chi connectivity index (χ4n) is 3.97. The predicted octanol–water partition coefficient (Wildman–Crippen LogP) is 4.89. The van der Waals surface area contributed by atoms with Crippen molar-refractivity contribution in [3.63, 3.8) is 0 Å². The molecule has 1 amide bonds. The van der Waals surface area contributed by atoms with E-state index in [1.807, 2.05) is 50.2 Å². The molecule has 0 bridgehead atoms. The van der Waals surface area contributed by atoms with Crippen LogP contribution in [0.4, 0.5) is 5.69 Å². The van der Waals surface area contributed by atoms with Crippen molar-refractivity contribution in [2.75, 3.05) is 24.3 Å². The Morgan fingerprint density at radius 3 is 2.69 bits per heavy atom. The zero-order valence-electron chi connectivity index (χ0n) is 19.5. The first-order valence-electron chi connectivity index (χ1n) is 11.4. The number of nitrogens with one attached hydrogen (secondary N) is 1. The third kappa shape index (κ3) is 4.74. The molecule has 0 spiro atoms. The molecule has 1 aliphatic rings. The Morgan fingerprint density at radius 2 is 1.83 bits per heavy atom. The first kappa shape index (κ1) is 23.0. The maximum atomic E-state index is 13.5. The van der Waals surface area contributed by atoms with Gasteiger partial charge in [0.1, 0.15) is 0 Å². The van der Waals surface area contributed by atoms with Gasteiger partial charge in [0.15, 0.2) is 16.7 Å². The molecule has 7 nitrogen and oxygen atoms in total. The fourth-order valence-corrected chi connectivity index (χ4v) is 4.77. The van der Waals surface area contributed by atoms with Crippen molar-refractivity contribution in [2.24, 2.45) is 0 Å². The van der Waals surface area contributed by atoms with Gasteiger partial charge in [-0.25, -0.2) is 4.98 Å². The Morgan fingerprint density at radius 1 is 1.03 bits per heavy atom. The van der Waals surface area contributed by atoms with Gasteiger partial charge < -0.3 is 14.8 Å². The molecule has 0 saturated heterocycles. The monoisotopic (exact) mass is 487 g/mol. The van der Waals surface area contributed by atoms with Crippen molar-refractivity contribution in [1.82, 2.24) is 9.55 Å². The molecule has 0 fully saturated rings. The molecule has 35 heavy (non-hydrogen) atoms. The van der Waals surface area contributed by atoms with Gasteiger partial charge in [0, 0.05) is 18.2 Å². The van der Waals surface area contributed by atoms with Gasteiger partial charge in [0.05, 0.1) is 35.6 Å². The van der Waals surface area contributed by atoms with E-state index in [4.69, 9.17) is 14.5 Å². The van der Waals surface area contributed by atoms with E-state index in [9.17, 15) is 9.59 Å². The highest BCUT2D eigenvalue weighted by molar-refractivity contribution is 7.99. The lowest BCUT2D eigenvalue weighted by Crippen LogP contribution is -2.23. The van der Waals surface area contributed by atoms with Gasteiger partial charge in [-0.2, -0.15) is 0 Å². The lowest BCUT2D eigenvalue weighted by Gasteiger charge is -2.16. The van der Waals surface area contributed by atoms with Crippen LogP contribution in [-0.4, -0.2) is 34.4 Å². The number of nitrogens with zero attached hydrogens (tertiary/aromatic N) is 2. The number of anilines is 1. The molecule has 2 heterocycles. The maximum absolute atomic E-state index is 13.5. The van der Waals surface area contributed by atoms with Crippen LogP contribution in [0.15, 0.2) is 70.6 Å². The predicted molar refractivity (Wildman–Crippen MR) is 138 cm³/mol. The number of rotatable bonds is 5. The van der Waals surface area contributed by atoms with Crippen LogP contribution < -0.4 is 20.3 Å². The number of hydrogen-bond acceptors (Lipinski definition) is 6. The van der Waals surface area contributed by atoms with E-state index >= 15 is 0 Å². The fraction of sp³-hybridized carbons (Fsp3) is 0.222. The zero-order chi connectivity index (χ0) is 24.4. The van der Waals surface area contributed by atoms with Crippen molar-refractivity contribution in [2.45, 2.75) is 25.4 Å². The molecular formula is C27H25N3O4S. The van der Waals surface area contributed by atoms with E-state index in [0.29, 0.717) is 46.5 Å². The van der Waals surface area contributed by atoms with Gasteiger partial charge in [0.25, 0.3) is 5.56 Å². The number of aromatic nitrogens is 2. The smallest absolute Gasteiger partial charge is 0.266 e. The third-order valence-electron chi connectivity index (χ3n) is 5.93. The van der Waals surface area contributed by atoms with Crippen LogP contribution in [0.2, 0.25) is 0 Å². The van der Waals surface area contributed by atoms with Gasteiger partial charge >= 0.3 is 0 Å². The van der Waals surface area contributed by atoms with Crippen molar-refractivity contribution in [1.29, 1.82) is 0 Å². The van der Waals surface area contributed by atoms with Gasteiger partial charge in [0.2, 0.25) is 5.91 Å². The number of aryl methyl sites for hydroxylation is 1. The van der Waals surface area contributed by atoms with Crippen molar-refractivity contribution in [3.05, 3.63) is 82.1 Å². The first-order chi connectivity index (χ1) is 17.0. The topological polar surface area (TPSA) is 82.5 Å². The number of hydrogen-bond donors (Lipinski definition) is 1. The molecule has 1 aliphatic heterocycles. The number of ether oxygens (including phenoxy) is 2. The van der Waals surface area contributed by atoms with Gasteiger partial charge in [-0.05, 0) is 55.3 Å². The second-order valence-corrected chi connectivity index (χ2v) is 9.26. The van der Waals surface area contributed by atoms with E-state index in [1.165, 1.54) is 11.8 Å². The molecular weight excluding hydrogens is 462 g/mol. The van der Waals surface area contributed by atoms with Crippen molar-refractivity contribution >= 4 is 34.3 Å². The average molecular weight is 488 g/mol. The Balaban J connectivity index is 1.43. The van der Waals surface area contributed by atoms with Gasteiger partial charge in [-0.15, -0.1) is 0 Å². The number of amides is 1. The van der Waals surface area contributed by atoms with E-state index in [2.05, 4.69) is 5.32 Å². The summed E-state index contributed by atoms with van der Waals surface area (Å²) in [6.45, 7) is 5.17. The minimum atomic E-state index is -0.209. The normalized spacial score (nSPS) is 12.9. The Kier molecular flexibility index (Phi) is 6.46. The Bertz CT molecular complexity index is 1480. The summed E-state index contributed by atoms with van der Waals surface area (Å²) in [4.78, 5) is 31.1. The summed E-state index contributed by atoms with van der Waals surface area (Å²) < 4.78 is 13.0. The summed E-state index contributed by atoms with van der Waals surface area (Å²) in [7, 11) is 0. The van der Waals surface area contributed by atoms with E-state index in [-0.39, 0.29) is 17.2 Å². The molecule has 1 aromatic heterocycles. The quantitative estimate of drug-likeness (QED) is 0.319. The molecule has 4 aromatic rings. The number of para-hydroxylation sites is 1. The van der Waals surface area contributed by atoms with E-state index < -0.39 is 0 Å². The molecule has 5 rings (SSSR count). The van der Waals surface area contributed by atoms with Crippen LogP contribution in [0.25, 0.3) is 16.6 Å². The lowest BCUT2D eigenvalue weighted by atomic mass is 10.1. The highest BCUT2D eigenvalue weighted by atomic mass is 32.2. The number of thioether (sulfide) groups is 1. The highest BCUT2D eigenvalue weighted by Crippen LogP contribution is 2.32. The lowest BCUT2D eigenvalue weighted by molar-refractivity contribution is -0.113. The maximum Gasteiger partial charge on any atom is 0.266 e. The summed E-state index contributed by atoms with van der Waals surface area (Å²) in [6.07, 6.45) is 0.813. The second kappa shape index (κ2) is 9.84. The largest absolute Gasteiger partial charge is 0.490 e. The summed E-state index contributed by atoms with van der Waals surface area (Å²) in [5.41, 5.74) is 3.90. The number of benzene rings is 3. The molecule has 0 unspecified atom stereocenters. The minimum absolute atomic E-state index is 0.0874. The SMILES string of the molecule is Cc1cccc(-n2c(SCC(=O)Nc3ccc4c(c3)OCCCO4)nc3ccccc3c2=O)c1C. The molecule has 0 radical (unpaired) electrons. The van der Waals surface area contributed by atoms with Crippen LogP contribution >= 0.6 is 11.8 Å². The highest BCUT2D eigenvalue weighted by Gasteiger charge is 2.17. The van der Waals surface area contributed by atoms with Crippen LogP contribution in [0.3, 0.4) is 0 Å². The number of carbonyl (C=O) groups is 1. The van der Waals surface area contributed by atoms with Crippen LogP contribution in [0.1, 0.15) is 17.5 Å². The molecule has 0 saturated carbocycles. The van der Waals surface area contributed by atoms with Crippen LogP contribution in [0.5, 0.6) is 11.5 Å². The van der Waals surface area contributed by atoms with Gasteiger partial charge in [-0.3, -0.25) is 14.2 Å². The minimum Gasteiger partial charge on any atom is -0.490 e. The van der Waals surface area contributed by atoms with Crippen LogP contribution in [0, 0.1) is 13.8 Å². The van der Waals surface area contributed by atoms with E-state index in [1.54, 1.807) is 28.8 Å². The second-order valence-electron chi connectivity index (χ2n) is 8.32. The molecule has 8 heteroatoms. The van der Waals surface area contributed by atoms with Crippen molar-refractivity contribution in [3.8, 4) is 17.2 Å². The first-order valence-corrected chi connectivity index (χ1v) is 12.4. The summed E-state index contributed by atoms with van der Waals surface area (Å²) in [5.74, 6) is 1.17. The van der Waals surface area contributed by atoms with Crippen molar-refractivity contribution < 1.29 is 14.3 Å².